The summed E-state index contributed by atoms with van der Waals surface area (Å²) in [5.41, 5.74) is 1.77. The summed E-state index contributed by atoms with van der Waals surface area (Å²) < 4.78 is 1.53. The number of aliphatic carboxylic acids is 1. The summed E-state index contributed by atoms with van der Waals surface area (Å²) >= 11 is 11.7. The van der Waals surface area contributed by atoms with Crippen LogP contribution in [-0.2, 0) is 11.2 Å². The van der Waals surface area contributed by atoms with Gasteiger partial charge in [0.05, 0.1) is 33.5 Å². The van der Waals surface area contributed by atoms with Crippen LogP contribution in [0.3, 0.4) is 0 Å². The molecule has 2 aromatic rings. The third-order valence-corrected chi connectivity index (χ3v) is 3.20. The second-order valence-electron chi connectivity index (χ2n) is 3.70. The monoisotopic (exact) mass is 285 g/mol. The van der Waals surface area contributed by atoms with Crippen molar-refractivity contribution in [2.75, 3.05) is 0 Å². The van der Waals surface area contributed by atoms with Gasteiger partial charge in [0.1, 0.15) is 0 Å². The lowest BCUT2D eigenvalue weighted by Gasteiger charge is -2.04. The Bertz CT molecular complexity index is 610. The first-order valence-corrected chi connectivity index (χ1v) is 5.83. The molecule has 0 unspecified atom stereocenters. The van der Waals surface area contributed by atoms with Crippen molar-refractivity contribution >= 4 is 29.2 Å². The fourth-order valence-corrected chi connectivity index (χ4v) is 1.82. The Morgan fingerprint density at radius 3 is 2.72 bits per heavy atom. The van der Waals surface area contributed by atoms with Crippen LogP contribution in [0, 0.1) is 6.92 Å². The Morgan fingerprint density at radius 2 is 2.11 bits per heavy atom. The van der Waals surface area contributed by atoms with Crippen molar-refractivity contribution in [1.82, 2.24) is 15.0 Å². The van der Waals surface area contributed by atoms with Crippen LogP contribution in [-0.4, -0.2) is 26.1 Å². The van der Waals surface area contributed by atoms with Crippen molar-refractivity contribution in [1.29, 1.82) is 0 Å². The lowest BCUT2D eigenvalue weighted by molar-refractivity contribution is -0.136. The van der Waals surface area contributed by atoms with E-state index >= 15 is 0 Å². The third kappa shape index (κ3) is 2.47. The lowest BCUT2D eigenvalue weighted by atomic mass is 10.2. The van der Waals surface area contributed by atoms with Gasteiger partial charge in [0.15, 0.2) is 0 Å². The maximum absolute atomic E-state index is 10.6. The van der Waals surface area contributed by atoms with Crippen LogP contribution < -0.4 is 0 Å². The minimum absolute atomic E-state index is 0.160. The number of hydrogen-bond acceptors (Lipinski definition) is 3. The predicted octanol–water partition coefficient (Wildman–Crippen LogP) is 2.51. The van der Waals surface area contributed by atoms with Crippen LogP contribution in [0.15, 0.2) is 18.2 Å². The van der Waals surface area contributed by atoms with Crippen molar-refractivity contribution in [3.05, 3.63) is 39.6 Å². The molecule has 7 heteroatoms. The van der Waals surface area contributed by atoms with E-state index in [4.69, 9.17) is 28.3 Å². The molecule has 0 amide bonds. The van der Waals surface area contributed by atoms with Crippen LogP contribution in [0.25, 0.3) is 5.69 Å². The molecule has 0 aliphatic rings. The second kappa shape index (κ2) is 4.96. The quantitative estimate of drug-likeness (QED) is 0.941. The average molecular weight is 286 g/mol. The summed E-state index contributed by atoms with van der Waals surface area (Å²) in [6, 6.07) is 5.04. The lowest BCUT2D eigenvalue weighted by Crippen LogP contribution is -2.03. The number of nitrogens with zero attached hydrogens (tertiary/aromatic N) is 3. The van der Waals surface area contributed by atoms with Crippen molar-refractivity contribution in [2.24, 2.45) is 0 Å². The minimum atomic E-state index is -0.945. The van der Waals surface area contributed by atoms with E-state index in [1.165, 1.54) is 4.68 Å². The first-order valence-electron chi connectivity index (χ1n) is 5.07. The summed E-state index contributed by atoms with van der Waals surface area (Å²) in [4.78, 5) is 10.6. The molecule has 0 aliphatic heterocycles. The molecule has 0 aliphatic carbocycles. The summed E-state index contributed by atoms with van der Waals surface area (Å²) in [6.07, 6.45) is -0.160. The van der Waals surface area contributed by atoms with Crippen LogP contribution >= 0.6 is 23.2 Å². The minimum Gasteiger partial charge on any atom is -0.481 e. The van der Waals surface area contributed by atoms with Crippen molar-refractivity contribution in [3.8, 4) is 5.69 Å². The van der Waals surface area contributed by atoms with Gasteiger partial charge in [-0.15, -0.1) is 5.10 Å². The summed E-state index contributed by atoms with van der Waals surface area (Å²) in [7, 11) is 0. The fraction of sp³-hybridized carbons (Fsp3) is 0.182. The highest BCUT2D eigenvalue weighted by atomic mass is 35.5. The Kier molecular flexibility index (Phi) is 3.54. The van der Waals surface area contributed by atoms with Gasteiger partial charge in [0.25, 0.3) is 0 Å². The smallest absolute Gasteiger partial charge is 0.309 e. The second-order valence-corrected chi connectivity index (χ2v) is 4.52. The molecule has 0 saturated carbocycles. The maximum atomic E-state index is 10.6. The first kappa shape index (κ1) is 12.9. The van der Waals surface area contributed by atoms with E-state index in [1.807, 2.05) is 0 Å². The molecule has 1 aromatic heterocycles. The zero-order chi connectivity index (χ0) is 13.3. The summed E-state index contributed by atoms with van der Waals surface area (Å²) in [5, 5.41) is 17.3. The van der Waals surface area contributed by atoms with Gasteiger partial charge in [0, 0.05) is 0 Å². The van der Waals surface area contributed by atoms with Gasteiger partial charge in [-0.2, -0.15) is 0 Å². The van der Waals surface area contributed by atoms with E-state index in [2.05, 4.69) is 10.3 Å². The normalized spacial score (nSPS) is 10.6. The molecule has 94 valence electrons. The van der Waals surface area contributed by atoms with Gasteiger partial charge in [-0.1, -0.05) is 28.4 Å². The molecule has 2 rings (SSSR count). The van der Waals surface area contributed by atoms with Gasteiger partial charge >= 0.3 is 5.97 Å². The number of hydrogen-bond donors (Lipinski definition) is 1. The zero-order valence-electron chi connectivity index (χ0n) is 9.39. The molecule has 1 N–H and O–H groups in total. The van der Waals surface area contributed by atoms with E-state index in [-0.39, 0.29) is 6.42 Å². The van der Waals surface area contributed by atoms with Gasteiger partial charge in [-0.05, 0) is 25.1 Å². The molecule has 0 fully saturated rings. The SMILES string of the molecule is Cc1c(CC(=O)O)nnn1-c1ccc(Cl)c(Cl)c1. The molecule has 0 bridgehead atoms. The van der Waals surface area contributed by atoms with Gasteiger partial charge in [-0.25, -0.2) is 4.68 Å². The van der Waals surface area contributed by atoms with Crippen LogP contribution in [0.2, 0.25) is 10.0 Å². The Labute approximate surface area is 113 Å². The summed E-state index contributed by atoms with van der Waals surface area (Å²) in [6.45, 7) is 1.75. The van der Waals surface area contributed by atoms with Crippen LogP contribution in [0.1, 0.15) is 11.4 Å². The number of carboxylic acid groups (broad SMARTS) is 1. The molecular formula is C11H9Cl2N3O2. The van der Waals surface area contributed by atoms with E-state index in [0.29, 0.717) is 27.1 Å². The van der Waals surface area contributed by atoms with Crippen LogP contribution in [0.5, 0.6) is 0 Å². The number of aromatic nitrogens is 3. The highest BCUT2D eigenvalue weighted by molar-refractivity contribution is 6.42. The van der Waals surface area contributed by atoms with Gasteiger partial charge in [-0.3, -0.25) is 4.79 Å². The Morgan fingerprint density at radius 1 is 1.39 bits per heavy atom. The zero-order valence-corrected chi connectivity index (χ0v) is 10.9. The number of halogens is 2. The van der Waals surface area contributed by atoms with E-state index < -0.39 is 5.97 Å². The fourth-order valence-electron chi connectivity index (χ4n) is 1.53. The van der Waals surface area contributed by atoms with Crippen LogP contribution in [0.4, 0.5) is 0 Å². The van der Waals surface area contributed by atoms with Crippen molar-refractivity contribution in [2.45, 2.75) is 13.3 Å². The number of benzene rings is 1. The molecule has 0 spiro atoms. The molecule has 0 saturated heterocycles. The average Bonchev–Trinajstić information content (AvgIpc) is 2.64. The molecule has 1 heterocycles. The number of carbonyl (C=O) groups is 1. The van der Waals surface area contributed by atoms with E-state index in [0.717, 1.165) is 0 Å². The maximum Gasteiger partial charge on any atom is 0.309 e. The third-order valence-electron chi connectivity index (χ3n) is 2.46. The Hall–Kier alpha value is -1.59. The van der Waals surface area contributed by atoms with Crippen molar-refractivity contribution < 1.29 is 9.90 Å². The number of rotatable bonds is 3. The highest BCUT2D eigenvalue weighted by Gasteiger charge is 2.13. The largest absolute Gasteiger partial charge is 0.481 e. The van der Waals surface area contributed by atoms with Crippen molar-refractivity contribution in [3.63, 3.8) is 0 Å². The van der Waals surface area contributed by atoms with E-state index in [9.17, 15) is 4.79 Å². The standard InChI is InChI=1S/C11H9Cl2N3O2/c1-6-10(5-11(17)18)14-15-16(6)7-2-3-8(12)9(13)4-7/h2-4H,5H2,1H3,(H,17,18). The Balaban J connectivity index is 2.42. The van der Waals surface area contributed by atoms with Gasteiger partial charge < -0.3 is 5.11 Å². The molecule has 1 aromatic carbocycles. The molecule has 0 atom stereocenters. The summed E-state index contributed by atoms with van der Waals surface area (Å²) in [5.74, 6) is -0.945. The predicted molar refractivity (Wildman–Crippen MR) is 67.5 cm³/mol. The highest BCUT2D eigenvalue weighted by Crippen LogP contribution is 2.24. The van der Waals surface area contributed by atoms with Gasteiger partial charge in [0.2, 0.25) is 0 Å². The molecular weight excluding hydrogens is 277 g/mol. The number of carboxylic acids is 1. The topological polar surface area (TPSA) is 68.0 Å². The molecule has 0 radical (unpaired) electrons. The molecule has 5 nitrogen and oxygen atoms in total. The first-order chi connectivity index (χ1) is 8.49. The van der Waals surface area contributed by atoms with E-state index in [1.54, 1.807) is 25.1 Å². The molecule has 18 heavy (non-hydrogen) atoms.